The lowest BCUT2D eigenvalue weighted by molar-refractivity contribution is 0.476. The number of sulfonamides is 1. The molecule has 0 bridgehead atoms. The largest absolute Gasteiger partial charge is 0.214 e. The number of nitrogens with one attached hydrogen (secondary N) is 1. The maximum Gasteiger partial charge on any atom is 0.211 e. The Bertz CT molecular complexity index is 326. The zero-order chi connectivity index (χ0) is 12.1. The molecule has 0 fully saturated rings. The van der Waals surface area contributed by atoms with Gasteiger partial charge in [-0.1, -0.05) is 13.8 Å². The zero-order valence-corrected chi connectivity index (χ0v) is 10.7. The van der Waals surface area contributed by atoms with Crippen molar-refractivity contribution in [2.24, 2.45) is 11.3 Å². The Morgan fingerprint density at radius 3 is 2.33 bits per heavy atom. The molecule has 0 amide bonds. The van der Waals surface area contributed by atoms with Gasteiger partial charge in [0.15, 0.2) is 0 Å². The first-order chi connectivity index (χ1) is 6.68. The van der Waals surface area contributed by atoms with Crippen molar-refractivity contribution in [1.82, 2.24) is 4.72 Å². The van der Waals surface area contributed by atoms with E-state index in [4.69, 9.17) is 5.26 Å². The summed E-state index contributed by atoms with van der Waals surface area (Å²) in [7, 11) is -3.22. The van der Waals surface area contributed by atoms with Crippen molar-refractivity contribution in [2.45, 2.75) is 34.1 Å². The van der Waals surface area contributed by atoms with Crippen molar-refractivity contribution < 1.29 is 8.42 Å². The van der Waals surface area contributed by atoms with Crippen molar-refractivity contribution in [1.29, 1.82) is 5.26 Å². The van der Waals surface area contributed by atoms with E-state index in [0.717, 1.165) is 0 Å². The van der Waals surface area contributed by atoms with Crippen molar-refractivity contribution in [2.75, 3.05) is 12.3 Å². The molecule has 0 radical (unpaired) electrons. The van der Waals surface area contributed by atoms with Crippen LogP contribution in [0.25, 0.3) is 0 Å². The molecule has 0 aliphatic rings. The monoisotopic (exact) mass is 232 g/mol. The maximum atomic E-state index is 11.5. The second-order valence-corrected chi connectivity index (χ2v) is 6.74. The third-order valence-electron chi connectivity index (χ3n) is 2.00. The molecule has 0 aliphatic carbocycles. The van der Waals surface area contributed by atoms with Crippen LogP contribution in [-0.2, 0) is 10.0 Å². The molecular weight excluding hydrogens is 212 g/mol. The molecular formula is C10H20N2O2S. The Hall–Kier alpha value is -0.600. The minimum atomic E-state index is -3.22. The Balaban J connectivity index is 4.13. The van der Waals surface area contributed by atoms with Crippen molar-refractivity contribution >= 4 is 10.0 Å². The van der Waals surface area contributed by atoms with Gasteiger partial charge in [-0.3, -0.25) is 0 Å². The van der Waals surface area contributed by atoms with Crippen LogP contribution >= 0.6 is 0 Å². The Labute approximate surface area is 92.7 Å². The van der Waals surface area contributed by atoms with Crippen LogP contribution in [0.1, 0.15) is 34.1 Å². The Kier molecular flexibility index (Phi) is 5.26. The first-order valence-corrected chi connectivity index (χ1v) is 6.72. The molecule has 0 atom stereocenters. The highest BCUT2D eigenvalue weighted by atomic mass is 32.2. The average Bonchev–Trinajstić information content (AvgIpc) is 2.13. The predicted molar refractivity (Wildman–Crippen MR) is 60.6 cm³/mol. The van der Waals surface area contributed by atoms with Crippen LogP contribution in [0.3, 0.4) is 0 Å². The molecule has 15 heavy (non-hydrogen) atoms. The second kappa shape index (κ2) is 5.47. The van der Waals surface area contributed by atoms with Gasteiger partial charge < -0.3 is 0 Å². The molecule has 0 spiro atoms. The van der Waals surface area contributed by atoms with Gasteiger partial charge in [-0.05, 0) is 26.2 Å². The van der Waals surface area contributed by atoms with Crippen LogP contribution in [0.2, 0.25) is 0 Å². The quantitative estimate of drug-likeness (QED) is 0.754. The van der Waals surface area contributed by atoms with E-state index in [-0.39, 0.29) is 12.3 Å². The molecule has 0 aliphatic heterocycles. The first kappa shape index (κ1) is 14.4. The Morgan fingerprint density at radius 1 is 1.40 bits per heavy atom. The molecule has 0 aromatic carbocycles. The van der Waals surface area contributed by atoms with Gasteiger partial charge in [-0.2, -0.15) is 5.26 Å². The summed E-state index contributed by atoms with van der Waals surface area (Å²) in [5.41, 5.74) is -0.648. The van der Waals surface area contributed by atoms with Crippen LogP contribution in [0.5, 0.6) is 0 Å². The summed E-state index contributed by atoms with van der Waals surface area (Å²) < 4.78 is 25.4. The Morgan fingerprint density at radius 2 is 1.93 bits per heavy atom. The highest BCUT2D eigenvalue weighted by Crippen LogP contribution is 2.11. The smallest absolute Gasteiger partial charge is 0.211 e. The fraction of sp³-hybridized carbons (Fsp3) is 0.900. The molecule has 4 nitrogen and oxygen atoms in total. The number of nitriles is 1. The fourth-order valence-corrected chi connectivity index (χ4v) is 2.30. The number of nitrogens with zero attached hydrogens (tertiary/aromatic N) is 1. The topological polar surface area (TPSA) is 70.0 Å². The van der Waals surface area contributed by atoms with Crippen LogP contribution in [0.15, 0.2) is 0 Å². The van der Waals surface area contributed by atoms with Crippen molar-refractivity contribution in [3.8, 4) is 6.07 Å². The first-order valence-electron chi connectivity index (χ1n) is 5.07. The highest BCUT2D eigenvalue weighted by Gasteiger charge is 2.20. The number of rotatable bonds is 6. The van der Waals surface area contributed by atoms with Gasteiger partial charge in [0.25, 0.3) is 0 Å². The van der Waals surface area contributed by atoms with Gasteiger partial charge >= 0.3 is 0 Å². The highest BCUT2D eigenvalue weighted by molar-refractivity contribution is 7.89. The summed E-state index contributed by atoms with van der Waals surface area (Å²) in [4.78, 5) is 0. The number of hydrogen-bond acceptors (Lipinski definition) is 3. The summed E-state index contributed by atoms with van der Waals surface area (Å²) in [6.07, 6.45) is 0.641. The minimum Gasteiger partial charge on any atom is -0.214 e. The summed E-state index contributed by atoms with van der Waals surface area (Å²) in [6.45, 7) is 7.54. The SMILES string of the molecule is CC(C)CCS(=O)(=O)NCC(C)(C)C#N. The second-order valence-electron chi connectivity index (χ2n) is 4.82. The standard InChI is InChI=1S/C10H20N2O2S/c1-9(2)5-6-15(13,14)12-8-10(3,4)7-11/h9,12H,5-6,8H2,1-4H3. The van der Waals surface area contributed by atoms with Crippen LogP contribution in [0.4, 0.5) is 0 Å². The molecule has 0 aromatic rings. The van der Waals surface area contributed by atoms with Crippen LogP contribution in [0, 0.1) is 22.7 Å². The van der Waals surface area contributed by atoms with Crippen LogP contribution < -0.4 is 4.72 Å². The van der Waals surface area contributed by atoms with Gasteiger partial charge in [0.05, 0.1) is 17.2 Å². The van der Waals surface area contributed by atoms with Gasteiger partial charge in [0.2, 0.25) is 10.0 Å². The van der Waals surface area contributed by atoms with E-state index in [0.29, 0.717) is 12.3 Å². The van der Waals surface area contributed by atoms with E-state index in [1.807, 2.05) is 13.8 Å². The van der Waals surface area contributed by atoms with E-state index in [1.165, 1.54) is 0 Å². The van der Waals surface area contributed by atoms with E-state index < -0.39 is 15.4 Å². The third kappa shape index (κ3) is 7.34. The lowest BCUT2D eigenvalue weighted by Gasteiger charge is -2.16. The molecule has 0 heterocycles. The molecule has 1 N–H and O–H groups in total. The van der Waals surface area contributed by atoms with Gasteiger partial charge in [-0.25, -0.2) is 13.1 Å². The normalized spacial score (nSPS) is 12.8. The van der Waals surface area contributed by atoms with Gasteiger partial charge in [-0.15, -0.1) is 0 Å². The van der Waals surface area contributed by atoms with E-state index >= 15 is 0 Å². The molecule has 0 aromatic heterocycles. The molecule has 0 saturated carbocycles. The summed E-state index contributed by atoms with van der Waals surface area (Å²) >= 11 is 0. The number of hydrogen-bond donors (Lipinski definition) is 1. The van der Waals surface area contributed by atoms with Crippen molar-refractivity contribution in [3.63, 3.8) is 0 Å². The van der Waals surface area contributed by atoms with E-state index in [2.05, 4.69) is 10.8 Å². The summed E-state index contributed by atoms with van der Waals surface area (Å²) in [6, 6.07) is 2.05. The zero-order valence-electron chi connectivity index (χ0n) is 9.87. The van der Waals surface area contributed by atoms with E-state index in [1.54, 1.807) is 13.8 Å². The van der Waals surface area contributed by atoms with Crippen molar-refractivity contribution in [3.05, 3.63) is 0 Å². The molecule has 0 rings (SSSR count). The lowest BCUT2D eigenvalue weighted by atomic mass is 9.97. The predicted octanol–water partition coefficient (Wildman–Crippen LogP) is 1.50. The molecule has 0 unspecified atom stereocenters. The maximum absolute atomic E-state index is 11.5. The molecule has 5 heteroatoms. The van der Waals surface area contributed by atoms with Crippen LogP contribution in [-0.4, -0.2) is 20.7 Å². The van der Waals surface area contributed by atoms with Gasteiger partial charge in [0, 0.05) is 6.54 Å². The molecule has 0 saturated heterocycles. The third-order valence-corrected chi connectivity index (χ3v) is 3.36. The van der Waals surface area contributed by atoms with E-state index in [9.17, 15) is 8.42 Å². The van der Waals surface area contributed by atoms with Gasteiger partial charge in [0.1, 0.15) is 0 Å². The lowest BCUT2D eigenvalue weighted by Crippen LogP contribution is -2.34. The molecule has 88 valence electrons. The minimum absolute atomic E-state index is 0.131. The fourth-order valence-electron chi connectivity index (χ4n) is 0.793. The average molecular weight is 232 g/mol. The summed E-state index contributed by atoms with van der Waals surface area (Å²) in [5, 5.41) is 8.72. The summed E-state index contributed by atoms with van der Waals surface area (Å²) in [5.74, 6) is 0.497.